The van der Waals surface area contributed by atoms with E-state index in [1.165, 1.54) is 5.56 Å². The number of benzene rings is 1. The van der Waals surface area contributed by atoms with Crippen molar-refractivity contribution < 1.29 is 19.1 Å². The summed E-state index contributed by atoms with van der Waals surface area (Å²) in [6, 6.07) is 5.84. The molecule has 0 saturated carbocycles. The number of carbonyl (C=O) groups excluding carboxylic acids is 2. The molecule has 1 aliphatic rings. The molecular weight excluding hydrogens is 318 g/mol. The first-order chi connectivity index (χ1) is 11.6. The van der Waals surface area contributed by atoms with Crippen molar-refractivity contribution in [1.82, 2.24) is 4.90 Å². The summed E-state index contributed by atoms with van der Waals surface area (Å²) < 4.78 is 10.9. The Balaban J connectivity index is 2.31. The molecule has 2 rings (SSSR count). The van der Waals surface area contributed by atoms with Crippen LogP contribution in [0.4, 0.5) is 4.79 Å². The zero-order valence-electron chi connectivity index (χ0n) is 16.1. The highest BCUT2D eigenvalue weighted by Crippen LogP contribution is 2.34. The molecule has 138 valence electrons. The number of fused-ring (bicyclic) bond motifs is 1. The van der Waals surface area contributed by atoms with Gasteiger partial charge in [-0.25, -0.2) is 4.79 Å². The number of ether oxygens (including phenoxy) is 2. The molecule has 0 aromatic heterocycles. The Morgan fingerprint density at radius 2 is 1.96 bits per heavy atom. The van der Waals surface area contributed by atoms with Gasteiger partial charge in [-0.3, -0.25) is 4.79 Å². The van der Waals surface area contributed by atoms with Gasteiger partial charge in [0.1, 0.15) is 5.60 Å². The van der Waals surface area contributed by atoms with Gasteiger partial charge in [0.2, 0.25) is 0 Å². The molecule has 0 aliphatic carbocycles. The van der Waals surface area contributed by atoms with Gasteiger partial charge in [-0.15, -0.1) is 0 Å². The van der Waals surface area contributed by atoms with Crippen molar-refractivity contribution in [2.24, 2.45) is 0 Å². The Hall–Kier alpha value is -2.04. The Kier molecular flexibility index (Phi) is 5.76. The molecule has 5 nitrogen and oxygen atoms in total. The lowest BCUT2D eigenvalue weighted by molar-refractivity contribution is -0.148. The monoisotopic (exact) mass is 347 g/mol. The number of hydrogen-bond acceptors (Lipinski definition) is 4. The number of esters is 1. The van der Waals surface area contributed by atoms with Gasteiger partial charge >= 0.3 is 12.1 Å². The molecule has 0 radical (unpaired) electrons. The highest BCUT2D eigenvalue weighted by molar-refractivity contribution is 5.74. The van der Waals surface area contributed by atoms with Crippen molar-refractivity contribution >= 4 is 12.1 Å². The number of carbonyl (C=O) groups is 2. The standard InChI is InChI=1S/C20H29NO4/c1-13(2)24-18(22)12-17-16-11-14(3)7-8-15(16)9-10-21(17)19(23)25-20(4,5)6/h7-8,11,13,17H,9-10,12H2,1-6H3. The molecule has 1 amide bonds. The van der Waals surface area contributed by atoms with Gasteiger partial charge in [-0.2, -0.15) is 0 Å². The van der Waals surface area contributed by atoms with Crippen molar-refractivity contribution in [3.05, 3.63) is 34.9 Å². The van der Waals surface area contributed by atoms with Crippen molar-refractivity contribution in [3.8, 4) is 0 Å². The van der Waals surface area contributed by atoms with Crippen molar-refractivity contribution in [2.75, 3.05) is 6.54 Å². The van der Waals surface area contributed by atoms with Gasteiger partial charge in [0.15, 0.2) is 0 Å². The summed E-state index contributed by atoms with van der Waals surface area (Å²) in [5, 5.41) is 0. The van der Waals surface area contributed by atoms with Crippen LogP contribution < -0.4 is 0 Å². The van der Waals surface area contributed by atoms with Crippen LogP contribution in [-0.2, 0) is 20.7 Å². The summed E-state index contributed by atoms with van der Waals surface area (Å²) >= 11 is 0. The Labute approximate surface area is 150 Å². The largest absolute Gasteiger partial charge is 0.463 e. The molecular formula is C20H29NO4. The molecule has 5 heteroatoms. The topological polar surface area (TPSA) is 55.8 Å². The van der Waals surface area contributed by atoms with E-state index in [4.69, 9.17) is 9.47 Å². The quantitative estimate of drug-likeness (QED) is 0.770. The lowest BCUT2D eigenvalue weighted by Crippen LogP contribution is -2.44. The number of nitrogens with zero attached hydrogens (tertiary/aromatic N) is 1. The minimum atomic E-state index is -0.576. The third-order valence-electron chi connectivity index (χ3n) is 4.01. The molecule has 0 fully saturated rings. The fraction of sp³-hybridized carbons (Fsp3) is 0.600. The molecule has 1 aromatic rings. The fourth-order valence-electron chi connectivity index (χ4n) is 3.04. The third kappa shape index (κ3) is 5.21. The first-order valence-corrected chi connectivity index (χ1v) is 8.85. The maximum atomic E-state index is 12.7. The maximum absolute atomic E-state index is 12.7. The van der Waals surface area contributed by atoms with Crippen LogP contribution in [0.15, 0.2) is 18.2 Å². The first-order valence-electron chi connectivity index (χ1n) is 8.85. The van der Waals surface area contributed by atoms with Gasteiger partial charge < -0.3 is 14.4 Å². The van der Waals surface area contributed by atoms with E-state index in [0.29, 0.717) is 6.54 Å². The molecule has 1 heterocycles. The molecule has 0 saturated heterocycles. The molecule has 1 unspecified atom stereocenters. The second kappa shape index (κ2) is 7.46. The van der Waals surface area contributed by atoms with Crippen LogP contribution >= 0.6 is 0 Å². The fourth-order valence-corrected chi connectivity index (χ4v) is 3.04. The predicted octanol–water partition coefficient (Wildman–Crippen LogP) is 4.17. The van der Waals surface area contributed by atoms with Gasteiger partial charge in [0.25, 0.3) is 0 Å². The van der Waals surface area contributed by atoms with E-state index in [-0.39, 0.29) is 30.6 Å². The average Bonchev–Trinajstić information content (AvgIpc) is 2.45. The Morgan fingerprint density at radius 3 is 2.56 bits per heavy atom. The predicted molar refractivity (Wildman–Crippen MR) is 96.4 cm³/mol. The van der Waals surface area contributed by atoms with Crippen molar-refractivity contribution in [2.45, 2.75) is 72.1 Å². The van der Waals surface area contributed by atoms with Crippen molar-refractivity contribution in [3.63, 3.8) is 0 Å². The van der Waals surface area contributed by atoms with E-state index in [1.54, 1.807) is 4.90 Å². The second-order valence-corrected chi connectivity index (χ2v) is 7.88. The summed E-state index contributed by atoms with van der Waals surface area (Å²) in [7, 11) is 0. The van der Waals surface area contributed by atoms with E-state index >= 15 is 0 Å². The summed E-state index contributed by atoms with van der Waals surface area (Å²) in [5.74, 6) is -0.303. The lowest BCUT2D eigenvalue weighted by Gasteiger charge is -2.38. The summed E-state index contributed by atoms with van der Waals surface area (Å²) in [5.41, 5.74) is 2.71. The van der Waals surface area contributed by atoms with E-state index in [2.05, 4.69) is 18.2 Å². The van der Waals surface area contributed by atoms with Gasteiger partial charge in [0, 0.05) is 6.54 Å². The molecule has 1 aliphatic heterocycles. The minimum Gasteiger partial charge on any atom is -0.463 e. The van der Waals surface area contributed by atoms with Crippen molar-refractivity contribution in [1.29, 1.82) is 0 Å². The van der Waals surface area contributed by atoms with Gasteiger partial charge in [0.05, 0.1) is 18.6 Å². The number of aryl methyl sites for hydroxylation is 1. The Bertz CT molecular complexity index is 646. The SMILES string of the molecule is Cc1ccc2c(c1)C(CC(=O)OC(C)C)N(C(=O)OC(C)(C)C)CC2. The summed E-state index contributed by atoms with van der Waals surface area (Å²) in [6.45, 7) is 11.7. The summed E-state index contributed by atoms with van der Waals surface area (Å²) in [6.07, 6.45) is 0.323. The molecule has 1 atom stereocenters. The maximum Gasteiger partial charge on any atom is 0.410 e. The zero-order valence-corrected chi connectivity index (χ0v) is 16.1. The van der Waals surface area contributed by atoms with E-state index < -0.39 is 5.60 Å². The molecule has 1 aromatic carbocycles. The van der Waals surface area contributed by atoms with Gasteiger partial charge in [-0.1, -0.05) is 23.8 Å². The Morgan fingerprint density at radius 1 is 1.28 bits per heavy atom. The van der Waals surface area contributed by atoms with E-state index in [1.807, 2.05) is 41.5 Å². The van der Waals surface area contributed by atoms with E-state index in [0.717, 1.165) is 17.5 Å². The highest BCUT2D eigenvalue weighted by atomic mass is 16.6. The van der Waals surface area contributed by atoms with Crippen LogP contribution in [0.5, 0.6) is 0 Å². The van der Waals surface area contributed by atoms with Gasteiger partial charge in [-0.05, 0) is 59.1 Å². The van der Waals surface area contributed by atoms with Crippen LogP contribution in [0.1, 0.15) is 63.8 Å². The van der Waals surface area contributed by atoms with Crippen LogP contribution in [0.2, 0.25) is 0 Å². The zero-order chi connectivity index (χ0) is 18.8. The van der Waals surface area contributed by atoms with Crippen LogP contribution in [0.25, 0.3) is 0 Å². The molecule has 25 heavy (non-hydrogen) atoms. The number of rotatable bonds is 3. The van der Waals surface area contributed by atoms with Crippen LogP contribution in [0.3, 0.4) is 0 Å². The minimum absolute atomic E-state index is 0.133. The smallest absolute Gasteiger partial charge is 0.410 e. The summed E-state index contributed by atoms with van der Waals surface area (Å²) in [4.78, 5) is 26.6. The normalized spacial score (nSPS) is 17.2. The lowest BCUT2D eigenvalue weighted by atomic mass is 9.89. The third-order valence-corrected chi connectivity index (χ3v) is 4.01. The first kappa shape index (κ1) is 19.3. The average molecular weight is 347 g/mol. The molecule has 0 N–H and O–H groups in total. The van der Waals surface area contributed by atoms with E-state index in [9.17, 15) is 9.59 Å². The molecule has 0 spiro atoms. The number of hydrogen-bond donors (Lipinski definition) is 0. The highest BCUT2D eigenvalue weighted by Gasteiger charge is 2.35. The van der Waals surface area contributed by atoms with Crippen LogP contribution in [-0.4, -0.2) is 35.2 Å². The molecule has 0 bridgehead atoms. The van der Waals surface area contributed by atoms with Crippen LogP contribution in [0, 0.1) is 6.92 Å². The second-order valence-electron chi connectivity index (χ2n) is 7.88. The number of amides is 1.